The van der Waals surface area contributed by atoms with Crippen LogP contribution >= 0.6 is 15.9 Å². The summed E-state index contributed by atoms with van der Waals surface area (Å²) in [6.45, 7) is 0. The van der Waals surface area contributed by atoms with Crippen LogP contribution in [0.3, 0.4) is 0 Å². The minimum absolute atomic E-state index is 0.263. The van der Waals surface area contributed by atoms with Crippen LogP contribution < -0.4 is 4.65 Å². The number of aromatic amines is 1. The molecular weight excluding hydrogens is 750 g/mol. The van der Waals surface area contributed by atoms with E-state index in [1.165, 1.54) is 0 Å². The van der Waals surface area contributed by atoms with Gasteiger partial charge in [-0.15, -0.1) is 0 Å². The van der Waals surface area contributed by atoms with E-state index < -0.39 is 149 Å². The van der Waals surface area contributed by atoms with Gasteiger partial charge in [0, 0.05) is 21.0 Å². The molecule has 0 aliphatic rings. The summed E-state index contributed by atoms with van der Waals surface area (Å²) in [6, 6.07) is 0.263. The van der Waals surface area contributed by atoms with Gasteiger partial charge in [-0.2, -0.15) is 0 Å². The van der Waals surface area contributed by atoms with Crippen molar-refractivity contribution in [3.63, 3.8) is 0 Å². The molecular formula is C26H4BBrF15NO3. The van der Waals surface area contributed by atoms with E-state index in [-0.39, 0.29) is 6.07 Å². The summed E-state index contributed by atoms with van der Waals surface area (Å²) in [5.74, 6) is -42.2. The molecule has 0 aliphatic heterocycles. The van der Waals surface area contributed by atoms with Crippen molar-refractivity contribution in [3.05, 3.63) is 97.8 Å². The van der Waals surface area contributed by atoms with Crippen molar-refractivity contribution in [2.24, 2.45) is 0 Å². The lowest BCUT2D eigenvalue weighted by atomic mass is 9.90. The topological polar surface area (TPSA) is 65.5 Å². The molecule has 4 nitrogen and oxygen atoms in total. The number of fused-ring (bicyclic) bond motifs is 1. The highest BCUT2D eigenvalue weighted by atomic mass is 79.9. The molecule has 0 saturated heterocycles. The molecule has 47 heavy (non-hydrogen) atoms. The fourth-order valence-electron chi connectivity index (χ4n) is 4.65. The lowest BCUT2D eigenvalue weighted by molar-refractivity contribution is 0.284. The number of benzene rings is 4. The average molecular weight is 754 g/mol. The van der Waals surface area contributed by atoms with Crippen molar-refractivity contribution in [2.75, 3.05) is 0 Å². The summed E-state index contributed by atoms with van der Waals surface area (Å²) in [5, 5.41) is 17.3. The Kier molecular flexibility index (Phi) is 8.46. The second kappa shape index (κ2) is 11.7. The van der Waals surface area contributed by atoms with Gasteiger partial charge < -0.3 is 19.7 Å². The largest absolute Gasteiger partial charge is 0.708 e. The molecule has 3 N–H and O–H groups in total. The molecule has 0 aliphatic carbocycles. The molecule has 21 heteroatoms. The lowest BCUT2D eigenvalue weighted by Crippen LogP contribution is -2.21. The summed E-state index contributed by atoms with van der Waals surface area (Å²) >= 11 is 2.50. The summed E-state index contributed by atoms with van der Waals surface area (Å²) in [6.07, 6.45) is 0. The Balaban J connectivity index is 2.15. The maximum atomic E-state index is 15.3. The Bertz CT molecular complexity index is 2100. The van der Waals surface area contributed by atoms with E-state index in [0.29, 0.717) is 0 Å². The predicted octanol–water partition coefficient (Wildman–Crippen LogP) is 8.37. The van der Waals surface area contributed by atoms with Gasteiger partial charge in [0.05, 0.1) is 27.8 Å². The Labute approximate surface area is 256 Å². The fourth-order valence-corrected chi connectivity index (χ4v) is 5.36. The molecule has 0 atom stereocenters. The van der Waals surface area contributed by atoms with E-state index >= 15 is 17.6 Å². The van der Waals surface area contributed by atoms with Crippen molar-refractivity contribution >= 4 is 34.2 Å². The highest BCUT2D eigenvalue weighted by Gasteiger charge is 2.37. The third kappa shape index (κ3) is 4.89. The number of aromatic nitrogens is 1. The number of hydrogen-bond acceptors (Lipinski definition) is 3. The second-order valence-corrected chi connectivity index (χ2v) is 9.94. The Morgan fingerprint density at radius 3 is 1.15 bits per heavy atom. The monoisotopic (exact) mass is 753 g/mol. The zero-order valence-electron chi connectivity index (χ0n) is 21.5. The first-order valence-electron chi connectivity index (χ1n) is 11.8. The van der Waals surface area contributed by atoms with E-state index in [4.69, 9.17) is 0 Å². The maximum absolute atomic E-state index is 15.3. The number of rotatable bonds is 5. The highest BCUT2D eigenvalue weighted by molar-refractivity contribution is 9.10. The highest BCUT2D eigenvalue weighted by Crippen LogP contribution is 2.52. The summed E-state index contributed by atoms with van der Waals surface area (Å²) in [4.78, 5) is 1.86. The smallest absolute Gasteiger partial charge is 0.498 e. The zero-order valence-corrected chi connectivity index (χ0v) is 23.1. The Morgan fingerprint density at radius 2 is 0.787 bits per heavy atom. The van der Waals surface area contributed by atoms with Crippen molar-refractivity contribution in [1.82, 2.24) is 4.98 Å². The Morgan fingerprint density at radius 1 is 0.468 bits per heavy atom. The van der Waals surface area contributed by atoms with Crippen LogP contribution in [-0.4, -0.2) is 22.4 Å². The summed E-state index contributed by atoms with van der Waals surface area (Å²) in [7, 11) is -3.07. The molecule has 0 unspecified atom stereocenters. The number of halogens is 16. The van der Waals surface area contributed by atoms with Crippen LogP contribution in [0, 0.1) is 87.3 Å². The van der Waals surface area contributed by atoms with Gasteiger partial charge in [-0.05, 0) is 22.0 Å². The molecule has 0 amide bonds. The molecule has 0 radical (unpaired) electrons. The molecule has 0 saturated carbocycles. The minimum atomic E-state index is -3.07. The summed E-state index contributed by atoms with van der Waals surface area (Å²) < 4.78 is 221. The van der Waals surface area contributed by atoms with E-state index in [1.54, 1.807) is 0 Å². The van der Waals surface area contributed by atoms with Crippen LogP contribution in [0.1, 0.15) is 0 Å². The lowest BCUT2D eigenvalue weighted by Gasteiger charge is -2.18. The van der Waals surface area contributed by atoms with Crippen LogP contribution in [0.4, 0.5) is 65.9 Å². The van der Waals surface area contributed by atoms with Gasteiger partial charge in [-0.25, -0.2) is 65.9 Å². The van der Waals surface area contributed by atoms with Gasteiger partial charge >= 0.3 is 7.32 Å². The van der Waals surface area contributed by atoms with E-state index in [9.17, 15) is 58.3 Å². The first-order valence-corrected chi connectivity index (χ1v) is 12.6. The third-order valence-electron chi connectivity index (χ3n) is 6.61. The fraction of sp³-hybridized carbons (Fsp3) is 0. The molecule has 1 aromatic heterocycles. The number of H-pyrrole nitrogens is 1. The van der Waals surface area contributed by atoms with Gasteiger partial charge in [-0.1, -0.05) is 0 Å². The first kappa shape index (κ1) is 34.0. The van der Waals surface area contributed by atoms with Gasteiger partial charge in [0.15, 0.2) is 75.7 Å². The van der Waals surface area contributed by atoms with Gasteiger partial charge in [0.25, 0.3) is 0 Å². The second-order valence-electron chi connectivity index (χ2n) is 9.14. The van der Waals surface area contributed by atoms with Crippen LogP contribution in [0.25, 0.3) is 44.3 Å². The first-order chi connectivity index (χ1) is 21.8. The standard InChI is InChI=1S/C26H4BBrF15NO3/c28-10-2(4-11(29)17(35)23(41)18(36)12(4)30)1-3-5(6(10)8-13(31)19(37)24(42)20(38)14(8)32)7(26(44-3)47-27(45)46)9-15(33)21(39)25(43)22(40)16(9)34/h1,44-46H. The molecule has 5 aromatic rings. The van der Waals surface area contributed by atoms with Crippen LogP contribution in [0.15, 0.2) is 10.5 Å². The van der Waals surface area contributed by atoms with Crippen molar-refractivity contribution in [2.45, 2.75) is 0 Å². The molecule has 246 valence electrons. The molecule has 0 fully saturated rings. The van der Waals surface area contributed by atoms with Crippen LogP contribution in [0.5, 0.6) is 5.88 Å². The molecule has 4 aromatic carbocycles. The molecule has 1 heterocycles. The third-order valence-corrected chi connectivity index (χ3v) is 7.43. The van der Waals surface area contributed by atoms with Crippen molar-refractivity contribution in [3.8, 4) is 39.3 Å². The number of hydrogen-bond donors (Lipinski definition) is 3. The molecule has 5 rings (SSSR count). The van der Waals surface area contributed by atoms with E-state index in [2.05, 4.69) is 20.6 Å². The van der Waals surface area contributed by atoms with E-state index in [1.807, 2.05) is 4.98 Å². The van der Waals surface area contributed by atoms with E-state index in [0.717, 1.165) is 0 Å². The quantitative estimate of drug-likeness (QED) is 0.0732. The SMILES string of the molecule is OB(O)Oc1[nH]c2cc(-c3c(F)c(F)c(F)c(F)c3F)c(Br)c(-c3c(F)c(F)c(F)c(F)c3F)c2c1-c1c(F)c(F)c(F)c(F)c1F. The van der Waals surface area contributed by atoms with Gasteiger partial charge in [-0.3, -0.25) is 0 Å². The normalized spacial score (nSPS) is 11.6. The van der Waals surface area contributed by atoms with Gasteiger partial charge in [0.1, 0.15) is 0 Å². The van der Waals surface area contributed by atoms with Crippen LogP contribution in [-0.2, 0) is 0 Å². The molecule has 0 spiro atoms. The van der Waals surface area contributed by atoms with Crippen LogP contribution in [0.2, 0.25) is 0 Å². The maximum Gasteiger partial charge on any atom is 0.708 e. The van der Waals surface area contributed by atoms with Crippen molar-refractivity contribution in [1.29, 1.82) is 0 Å². The zero-order chi connectivity index (χ0) is 35.1. The minimum Gasteiger partial charge on any atom is -0.498 e. The Hall–Kier alpha value is -4.37. The average Bonchev–Trinajstić information content (AvgIpc) is 3.36. The van der Waals surface area contributed by atoms with Gasteiger partial charge in [0.2, 0.25) is 17.5 Å². The number of nitrogens with one attached hydrogen (secondary N) is 1. The molecule has 0 bridgehead atoms. The predicted molar refractivity (Wildman–Crippen MR) is 132 cm³/mol. The van der Waals surface area contributed by atoms with Crippen molar-refractivity contribution < 1.29 is 80.6 Å². The summed E-state index contributed by atoms with van der Waals surface area (Å²) in [5.41, 5.74) is -12.0.